The molecule has 0 aromatic heterocycles. The number of benzene rings is 1. The highest BCUT2D eigenvalue weighted by molar-refractivity contribution is 8.04. The van der Waals surface area contributed by atoms with Crippen molar-refractivity contribution in [2.45, 2.75) is 26.2 Å². The van der Waals surface area contributed by atoms with E-state index in [9.17, 15) is 9.59 Å². The van der Waals surface area contributed by atoms with Gasteiger partial charge >= 0.3 is 0 Å². The molecule has 1 N–H and O–H groups in total. The summed E-state index contributed by atoms with van der Waals surface area (Å²) < 4.78 is 5.43. The van der Waals surface area contributed by atoms with Gasteiger partial charge in [0.05, 0.1) is 6.61 Å². The highest BCUT2D eigenvalue weighted by Gasteiger charge is 2.21. The second-order valence-electron chi connectivity index (χ2n) is 5.97. The van der Waals surface area contributed by atoms with E-state index in [1.807, 2.05) is 4.90 Å². The molecule has 2 heterocycles. The molecular formula is C18H22N2O3S. The van der Waals surface area contributed by atoms with E-state index < -0.39 is 0 Å². The summed E-state index contributed by atoms with van der Waals surface area (Å²) in [6.45, 7) is 4.06. The van der Waals surface area contributed by atoms with Crippen LogP contribution < -0.4 is 5.32 Å². The van der Waals surface area contributed by atoms with Crippen LogP contribution in [-0.4, -0.2) is 42.2 Å². The van der Waals surface area contributed by atoms with E-state index >= 15 is 0 Å². The van der Waals surface area contributed by atoms with Crippen molar-refractivity contribution >= 4 is 29.3 Å². The number of likely N-dealkylation sites (tertiary alicyclic amines) is 1. The van der Waals surface area contributed by atoms with Crippen molar-refractivity contribution in [2.75, 3.05) is 30.8 Å². The topological polar surface area (TPSA) is 58.6 Å². The van der Waals surface area contributed by atoms with Crippen molar-refractivity contribution < 1.29 is 14.3 Å². The third-order valence-corrected chi connectivity index (χ3v) is 5.32. The fraction of sp³-hybridized carbons (Fsp3) is 0.444. The minimum absolute atomic E-state index is 0.0385. The van der Waals surface area contributed by atoms with Gasteiger partial charge < -0.3 is 15.0 Å². The molecule has 128 valence electrons. The predicted molar refractivity (Wildman–Crippen MR) is 95.9 cm³/mol. The van der Waals surface area contributed by atoms with Gasteiger partial charge in [-0.05, 0) is 44.4 Å². The van der Waals surface area contributed by atoms with Crippen LogP contribution in [0, 0.1) is 0 Å². The lowest BCUT2D eigenvalue weighted by atomic mass is 10.1. The molecule has 1 aromatic rings. The molecule has 1 fully saturated rings. The van der Waals surface area contributed by atoms with Crippen molar-refractivity contribution in [3.05, 3.63) is 40.5 Å². The molecule has 0 spiro atoms. The Morgan fingerprint density at radius 3 is 2.75 bits per heavy atom. The van der Waals surface area contributed by atoms with Gasteiger partial charge in [-0.1, -0.05) is 6.07 Å². The van der Waals surface area contributed by atoms with E-state index in [0.717, 1.165) is 31.7 Å². The molecule has 1 aromatic carbocycles. The van der Waals surface area contributed by atoms with Gasteiger partial charge in [-0.2, -0.15) is 0 Å². The third-order valence-electron chi connectivity index (χ3n) is 4.18. The summed E-state index contributed by atoms with van der Waals surface area (Å²) in [7, 11) is 0. The number of rotatable bonds is 3. The molecule has 2 amide bonds. The number of carbonyl (C=O) groups is 2. The van der Waals surface area contributed by atoms with Crippen LogP contribution >= 0.6 is 11.8 Å². The summed E-state index contributed by atoms with van der Waals surface area (Å²) >= 11 is 1.50. The van der Waals surface area contributed by atoms with Gasteiger partial charge in [-0.25, -0.2) is 0 Å². The molecule has 2 aliphatic heterocycles. The normalized spacial score (nSPS) is 18.1. The SMILES string of the molecule is CC1=C(C(=O)Nc2cccc(C(=O)N3CCCCC3)c2)SCCO1. The molecule has 6 heteroatoms. The van der Waals surface area contributed by atoms with Crippen LogP contribution in [-0.2, 0) is 9.53 Å². The van der Waals surface area contributed by atoms with Gasteiger partial charge in [0.1, 0.15) is 10.7 Å². The van der Waals surface area contributed by atoms with E-state index in [4.69, 9.17) is 4.74 Å². The van der Waals surface area contributed by atoms with Crippen molar-refractivity contribution in [3.63, 3.8) is 0 Å². The number of hydrogen-bond donors (Lipinski definition) is 1. The van der Waals surface area contributed by atoms with Crippen molar-refractivity contribution in [3.8, 4) is 0 Å². The summed E-state index contributed by atoms with van der Waals surface area (Å²) in [6.07, 6.45) is 3.31. The fourth-order valence-electron chi connectivity index (χ4n) is 2.93. The summed E-state index contributed by atoms with van der Waals surface area (Å²) in [5.74, 6) is 1.29. The van der Waals surface area contributed by atoms with Crippen LogP contribution in [0.15, 0.2) is 34.9 Å². The van der Waals surface area contributed by atoms with Gasteiger partial charge in [-0.15, -0.1) is 11.8 Å². The molecule has 24 heavy (non-hydrogen) atoms. The maximum atomic E-state index is 12.6. The second kappa shape index (κ2) is 7.75. The Morgan fingerprint density at radius 2 is 2.00 bits per heavy atom. The van der Waals surface area contributed by atoms with Gasteiger partial charge in [-0.3, -0.25) is 9.59 Å². The fourth-order valence-corrected chi connectivity index (χ4v) is 3.74. The van der Waals surface area contributed by atoms with Crippen LogP contribution in [0.2, 0.25) is 0 Å². The summed E-state index contributed by atoms with van der Waals surface area (Å²) in [5, 5.41) is 2.87. The molecule has 0 aliphatic carbocycles. The smallest absolute Gasteiger partial charge is 0.265 e. The second-order valence-corrected chi connectivity index (χ2v) is 7.08. The van der Waals surface area contributed by atoms with Crippen LogP contribution in [0.4, 0.5) is 5.69 Å². The zero-order valence-corrected chi connectivity index (χ0v) is 14.7. The lowest BCUT2D eigenvalue weighted by molar-refractivity contribution is -0.112. The van der Waals surface area contributed by atoms with Crippen LogP contribution in [0.3, 0.4) is 0 Å². The predicted octanol–water partition coefficient (Wildman–Crippen LogP) is 3.25. The van der Waals surface area contributed by atoms with E-state index in [1.54, 1.807) is 31.2 Å². The van der Waals surface area contributed by atoms with Gasteiger partial charge in [0.15, 0.2) is 0 Å². The average molecular weight is 346 g/mol. The Labute approximate surface area is 146 Å². The molecule has 0 radical (unpaired) electrons. The Kier molecular flexibility index (Phi) is 5.45. The number of nitrogens with zero attached hydrogens (tertiary/aromatic N) is 1. The molecule has 2 aliphatic rings. The summed E-state index contributed by atoms with van der Waals surface area (Å²) in [5.41, 5.74) is 1.25. The molecule has 5 nitrogen and oxygen atoms in total. The largest absolute Gasteiger partial charge is 0.496 e. The number of thioether (sulfide) groups is 1. The number of nitrogens with one attached hydrogen (secondary N) is 1. The van der Waals surface area contributed by atoms with Crippen molar-refractivity contribution in [1.82, 2.24) is 4.90 Å². The molecule has 3 rings (SSSR count). The number of amides is 2. The van der Waals surface area contributed by atoms with Crippen molar-refractivity contribution in [2.24, 2.45) is 0 Å². The zero-order chi connectivity index (χ0) is 16.9. The van der Waals surface area contributed by atoms with Crippen LogP contribution in [0.5, 0.6) is 0 Å². The number of anilines is 1. The molecule has 0 bridgehead atoms. The molecule has 0 saturated carbocycles. The monoisotopic (exact) mass is 346 g/mol. The number of ether oxygens (including phenoxy) is 1. The average Bonchev–Trinajstić information content (AvgIpc) is 2.62. The highest BCUT2D eigenvalue weighted by atomic mass is 32.2. The highest BCUT2D eigenvalue weighted by Crippen LogP contribution is 2.27. The first-order valence-electron chi connectivity index (χ1n) is 8.32. The maximum absolute atomic E-state index is 12.6. The van der Waals surface area contributed by atoms with E-state index in [1.165, 1.54) is 18.2 Å². The standard InChI is InChI=1S/C18H22N2O3S/c1-13-16(24-11-10-23-13)17(21)19-15-7-5-6-14(12-15)18(22)20-8-3-2-4-9-20/h5-7,12H,2-4,8-11H2,1H3,(H,19,21). The van der Waals surface area contributed by atoms with E-state index in [2.05, 4.69) is 5.32 Å². The number of hydrogen-bond acceptors (Lipinski definition) is 4. The summed E-state index contributed by atoms with van der Waals surface area (Å²) in [4.78, 5) is 27.5. The maximum Gasteiger partial charge on any atom is 0.265 e. The van der Waals surface area contributed by atoms with Gasteiger partial charge in [0.2, 0.25) is 0 Å². The quantitative estimate of drug-likeness (QED) is 0.913. The Bertz CT molecular complexity index is 666. The number of carbonyl (C=O) groups excluding carboxylic acids is 2. The van der Waals surface area contributed by atoms with E-state index in [0.29, 0.717) is 28.5 Å². The first-order chi connectivity index (χ1) is 11.6. The minimum Gasteiger partial charge on any atom is -0.496 e. The van der Waals surface area contributed by atoms with Crippen LogP contribution in [0.25, 0.3) is 0 Å². The Balaban J connectivity index is 1.71. The Hall–Kier alpha value is -1.95. The Morgan fingerprint density at radius 1 is 1.21 bits per heavy atom. The van der Waals surface area contributed by atoms with Gasteiger partial charge in [0, 0.05) is 30.1 Å². The lowest BCUT2D eigenvalue weighted by Crippen LogP contribution is -2.35. The zero-order valence-electron chi connectivity index (χ0n) is 13.8. The van der Waals surface area contributed by atoms with E-state index in [-0.39, 0.29) is 11.8 Å². The third kappa shape index (κ3) is 3.93. The number of piperidine rings is 1. The molecule has 0 atom stereocenters. The van der Waals surface area contributed by atoms with Crippen LogP contribution in [0.1, 0.15) is 36.5 Å². The lowest BCUT2D eigenvalue weighted by Gasteiger charge is -2.26. The molecular weight excluding hydrogens is 324 g/mol. The minimum atomic E-state index is -0.181. The van der Waals surface area contributed by atoms with Crippen molar-refractivity contribution in [1.29, 1.82) is 0 Å². The molecule has 0 unspecified atom stereocenters. The molecule has 1 saturated heterocycles. The van der Waals surface area contributed by atoms with Gasteiger partial charge in [0.25, 0.3) is 11.8 Å². The number of allylic oxidation sites excluding steroid dienone is 1. The first-order valence-corrected chi connectivity index (χ1v) is 9.31. The summed E-state index contributed by atoms with van der Waals surface area (Å²) in [6, 6.07) is 7.16. The first kappa shape index (κ1) is 16.9.